The number of furan rings is 1. The summed E-state index contributed by atoms with van der Waals surface area (Å²) in [5, 5.41) is 1.13. The number of nitrogens with one attached hydrogen (secondary N) is 1. The lowest BCUT2D eigenvalue weighted by molar-refractivity contribution is 0.608. The number of aromatic amines is 1. The first kappa shape index (κ1) is 11.1. The van der Waals surface area contributed by atoms with E-state index < -0.39 is 0 Å². The Morgan fingerprint density at radius 2 is 1.60 bits per heavy atom. The second-order valence-electron chi connectivity index (χ2n) is 4.81. The first-order valence-electron chi connectivity index (χ1n) is 6.63. The molecule has 96 valence electrons. The van der Waals surface area contributed by atoms with Crippen molar-refractivity contribution in [2.24, 2.45) is 0 Å². The molecule has 0 bridgehead atoms. The Morgan fingerprint density at radius 1 is 0.800 bits per heavy atom. The van der Waals surface area contributed by atoms with E-state index in [1.807, 2.05) is 42.5 Å². The van der Waals surface area contributed by atoms with E-state index in [-0.39, 0.29) is 0 Å². The van der Waals surface area contributed by atoms with Crippen molar-refractivity contribution in [2.75, 3.05) is 0 Å². The van der Waals surface area contributed by atoms with Crippen LogP contribution in [0.25, 0.3) is 34.2 Å². The lowest BCUT2D eigenvalue weighted by atomic mass is 10.2. The molecule has 2 heteroatoms. The number of hydrogen-bond donors (Lipinski definition) is 1. The smallest absolute Gasteiger partial charge is 0.160 e. The van der Waals surface area contributed by atoms with Gasteiger partial charge in [0.25, 0.3) is 0 Å². The number of rotatable bonds is 2. The van der Waals surface area contributed by atoms with Crippen LogP contribution in [0.5, 0.6) is 0 Å². The highest BCUT2D eigenvalue weighted by Gasteiger charge is 2.08. The zero-order chi connectivity index (χ0) is 13.4. The molecule has 0 aliphatic carbocycles. The molecule has 20 heavy (non-hydrogen) atoms. The largest absolute Gasteiger partial charge is 0.454 e. The van der Waals surface area contributed by atoms with E-state index in [1.165, 1.54) is 0 Å². The standard InChI is InChI=1S/C18H13NO/c1-2-6-13(7-3-1)10-11-14-12-17-18(20-14)15-8-4-5-9-16(15)19-17/h1-12,19H. The third-order valence-electron chi connectivity index (χ3n) is 3.43. The van der Waals surface area contributed by atoms with Gasteiger partial charge in [0, 0.05) is 17.0 Å². The molecule has 0 aliphatic rings. The van der Waals surface area contributed by atoms with Gasteiger partial charge in [-0.2, -0.15) is 0 Å². The molecule has 2 nitrogen and oxygen atoms in total. The monoisotopic (exact) mass is 259 g/mol. The third-order valence-corrected chi connectivity index (χ3v) is 3.43. The van der Waals surface area contributed by atoms with E-state index in [0.29, 0.717) is 0 Å². The van der Waals surface area contributed by atoms with Crippen molar-refractivity contribution in [2.45, 2.75) is 0 Å². The number of hydrogen-bond acceptors (Lipinski definition) is 1. The van der Waals surface area contributed by atoms with E-state index in [9.17, 15) is 0 Å². The first-order chi connectivity index (χ1) is 9.90. The van der Waals surface area contributed by atoms with Crippen molar-refractivity contribution in [3.05, 3.63) is 72.0 Å². The lowest BCUT2D eigenvalue weighted by Crippen LogP contribution is -1.69. The number of fused-ring (bicyclic) bond motifs is 3. The van der Waals surface area contributed by atoms with E-state index in [1.54, 1.807) is 0 Å². The second-order valence-corrected chi connectivity index (χ2v) is 4.81. The molecule has 2 aromatic carbocycles. The Balaban J connectivity index is 1.76. The van der Waals surface area contributed by atoms with Crippen LogP contribution >= 0.6 is 0 Å². The minimum atomic E-state index is 0.862. The predicted molar refractivity (Wildman–Crippen MR) is 83.4 cm³/mol. The Labute approximate surface area is 116 Å². The average molecular weight is 259 g/mol. The molecule has 1 N–H and O–H groups in total. The van der Waals surface area contributed by atoms with Gasteiger partial charge in [0.15, 0.2) is 5.58 Å². The highest BCUT2D eigenvalue weighted by Crippen LogP contribution is 2.28. The first-order valence-corrected chi connectivity index (χ1v) is 6.63. The summed E-state index contributed by atoms with van der Waals surface area (Å²) in [6.07, 6.45) is 4.05. The summed E-state index contributed by atoms with van der Waals surface area (Å²) in [6.45, 7) is 0. The number of benzene rings is 2. The Hall–Kier alpha value is -2.74. The zero-order valence-electron chi connectivity index (χ0n) is 10.8. The minimum absolute atomic E-state index is 0.862. The fourth-order valence-electron chi connectivity index (χ4n) is 2.46. The van der Waals surface area contributed by atoms with Crippen LogP contribution in [0.15, 0.2) is 65.1 Å². The molecule has 0 radical (unpaired) electrons. The van der Waals surface area contributed by atoms with Crippen LogP contribution < -0.4 is 0 Å². The van der Waals surface area contributed by atoms with Gasteiger partial charge in [-0.05, 0) is 23.8 Å². The molecule has 0 saturated heterocycles. The molecule has 2 aromatic heterocycles. The molecule has 4 rings (SSSR count). The predicted octanol–water partition coefficient (Wildman–Crippen LogP) is 5.08. The Kier molecular flexibility index (Phi) is 2.46. The van der Waals surface area contributed by atoms with Crippen molar-refractivity contribution in [3.8, 4) is 0 Å². The molecular formula is C18H13NO. The van der Waals surface area contributed by atoms with E-state index >= 15 is 0 Å². The summed E-state index contributed by atoms with van der Waals surface area (Å²) in [7, 11) is 0. The quantitative estimate of drug-likeness (QED) is 0.534. The van der Waals surface area contributed by atoms with Crippen molar-refractivity contribution in [1.82, 2.24) is 4.98 Å². The van der Waals surface area contributed by atoms with Crippen LogP contribution in [-0.2, 0) is 0 Å². The molecule has 0 aliphatic heterocycles. The second kappa shape index (κ2) is 4.42. The SMILES string of the molecule is C(=Cc1cc2[nH]c3ccccc3c2o1)c1ccccc1. The van der Waals surface area contributed by atoms with Crippen molar-refractivity contribution < 1.29 is 4.42 Å². The lowest BCUT2D eigenvalue weighted by Gasteiger charge is -1.90. The fourth-order valence-corrected chi connectivity index (χ4v) is 2.46. The number of H-pyrrole nitrogens is 1. The maximum absolute atomic E-state index is 5.92. The molecule has 4 aromatic rings. The highest BCUT2D eigenvalue weighted by atomic mass is 16.3. The van der Waals surface area contributed by atoms with E-state index in [2.05, 4.69) is 35.3 Å². The van der Waals surface area contributed by atoms with Gasteiger partial charge in [0.1, 0.15) is 5.76 Å². The summed E-state index contributed by atoms with van der Waals surface area (Å²) in [5.74, 6) is 0.862. The van der Waals surface area contributed by atoms with Gasteiger partial charge < -0.3 is 9.40 Å². The van der Waals surface area contributed by atoms with Crippen LogP contribution in [0, 0.1) is 0 Å². The van der Waals surface area contributed by atoms with Gasteiger partial charge in [-0.15, -0.1) is 0 Å². The van der Waals surface area contributed by atoms with Gasteiger partial charge in [0.2, 0.25) is 0 Å². The van der Waals surface area contributed by atoms with Gasteiger partial charge in [-0.1, -0.05) is 48.5 Å². The van der Waals surface area contributed by atoms with Gasteiger partial charge in [0.05, 0.1) is 5.52 Å². The van der Waals surface area contributed by atoms with E-state index in [0.717, 1.165) is 33.3 Å². The normalized spacial score (nSPS) is 11.8. The number of para-hydroxylation sites is 1. The summed E-state index contributed by atoms with van der Waals surface area (Å²) >= 11 is 0. The minimum Gasteiger partial charge on any atom is -0.454 e. The van der Waals surface area contributed by atoms with Crippen molar-refractivity contribution in [1.29, 1.82) is 0 Å². The van der Waals surface area contributed by atoms with Crippen LogP contribution in [-0.4, -0.2) is 4.98 Å². The van der Waals surface area contributed by atoms with Crippen molar-refractivity contribution in [3.63, 3.8) is 0 Å². The van der Waals surface area contributed by atoms with Gasteiger partial charge in [-0.3, -0.25) is 0 Å². The fraction of sp³-hybridized carbons (Fsp3) is 0. The van der Waals surface area contributed by atoms with Crippen LogP contribution in [0.4, 0.5) is 0 Å². The van der Waals surface area contributed by atoms with Crippen LogP contribution in [0.1, 0.15) is 11.3 Å². The molecule has 0 spiro atoms. The maximum atomic E-state index is 5.92. The Morgan fingerprint density at radius 3 is 2.50 bits per heavy atom. The third kappa shape index (κ3) is 1.82. The molecule has 2 heterocycles. The van der Waals surface area contributed by atoms with Gasteiger partial charge in [-0.25, -0.2) is 0 Å². The van der Waals surface area contributed by atoms with Crippen molar-refractivity contribution >= 4 is 34.2 Å². The zero-order valence-corrected chi connectivity index (χ0v) is 10.8. The summed E-state index contributed by atoms with van der Waals surface area (Å²) in [6, 6.07) is 20.4. The summed E-state index contributed by atoms with van der Waals surface area (Å²) in [5.41, 5.74) is 4.24. The van der Waals surface area contributed by atoms with Gasteiger partial charge >= 0.3 is 0 Å². The molecule has 0 saturated carbocycles. The molecule has 0 fully saturated rings. The molecule has 0 atom stereocenters. The van der Waals surface area contributed by atoms with Crippen LogP contribution in [0.2, 0.25) is 0 Å². The maximum Gasteiger partial charge on any atom is 0.160 e. The van der Waals surface area contributed by atoms with Crippen LogP contribution in [0.3, 0.4) is 0 Å². The number of aromatic nitrogens is 1. The highest BCUT2D eigenvalue weighted by molar-refractivity contribution is 6.04. The summed E-state index contributed by atoms with van der Waals surface area (Å²) < 4.78 is 5.92. The van der Waals surface area contributed by atoms with E-state index in [4.69, 9.17) is 4.42 Å². The topological polar surface area (TPSA) is 28.9 Å². The Bertz CT molecular complexity index is 897. The molecular weight excluding hydrogens is 246 g/mol. The molecule has 0 amide bonds. The molecule has 0 unspecified atom stereocenters. The average Bonchev–Trinajstić information content (AvgIpc) is 3.03. The summed E-state index contributed by atoms with van der Waals surface area (Å²) in [4.78, 5) is 3.37.